The largest absolute Gasteiger partial charge is 0.491 e. The van der Waals surface area contributed by atoms with Gasteiger partial charge in [-0.2, -0.15) is 0 Å². The quantitative estimate of drug-likeness (QED) is 0.899. The fourth-order valence-electron chi connectivity index (χ4n) is 1.79. The molecule has 2 rings (SSSR count). The van der Waals surface area contributed by atoms with Crippen LogP contribution in [0.1, 0.15) is 19.4 Å². The van der Waals surface area contributed by atoms with Crippen molar-refractivity contribution in [3.8, 4) is 5.75 Å². The van der Waals surface area contributed by atoms with E-state index in [0.717, 1.165) is 28.9 Å². The highest BCUT2D eigenvalue weighted by molar-refractivity contribution is 9.10. The van der Waals surface area contributed by atoms with Crippen molar-refractivity contribution in [2.45, 2.75) is 25.5 Å². The topological polar surface area (TPSA) is 47.3 Å². The molecule has 0 saturated carbocycles. The minimum Gasteiger partial charge on any atom is -0.491 e. The van der Waals surface area contributed by atoms with Crippen LogP contribution in [0.5, 0.6) is 5.75 Å². The van der Waals surface area contributed by atoms with E-state index in [1.54, 1.807) is 0 Å². The van der Waals surface area contributed by atoms with Crippen molar-refractivity contribution in [1.29, 1.82) is 0 Å². The fraction of sp³-hybridized carbons (Fsp3) is 0.500. The Morgan fingerprint density at radius 2 is 2.00 bits per heavy atom. The SMILES string of the molecule is CC(C)Oc1cc(Br)cc(C2(N)CNC2)c1.Cl. The second-order valence-electron chi connectivity index (χ2n) is 4.60. The van der Waals surface area contributed by atoms with E-state index < -0.39 is 0 Å². The van der Waals surface area contributed by atoms with Gasteiger partial charge in [-0.05, 0) is 37.6 Å². The van der Waals surface area contributed by atoms with E-state index in [2.05, 4.69) is 27.3 Å². The van der Waals surface area contributed by atoms with Gasteiger partial charge in [-0.15, -0.1) is 12.4 Å². The van der Waals surface area contributed by atoms with Gasteiger partial charge in [-0.1, -0.05) is 15.9 Å². The lowest BCUT2D eigenvalue weighted by molar-refractivity contribution is 0.239. The molecule has 1 saturated heterocycles. The van der Waals surface area contributed by atoms with Gasteiger partial charge in [0.1, 0.15) is 5.75 Å². The maximum atomic E-state index is 6.25. The highest BCUT2D eigenvalue weighted by Gasteiger charge is 2.34. The first kappa shape index (κ1) is 14.8. The van der Waals surface area contributed by atoms with E-state index in [0.29, 0.717) is 0 Å². The Morgan fingerprint density at radius 1 is 1.35 bits per heavy atom. The van der Waals surface area contributed by atoms with Crippen LogP contribution in [0.3, 0.4) is 0 Å². The summed E-state index contributed by atoms with van der Waals surface area (Å²) in [5, 5.41) is 3.20. The lowest BCUT2D eigenvalue weighted by Crippen LogP contribution is -2.62. The van der Waals surface area contributed by atoms with Gasteiger partial charge in [0.2, 0.25) is 0 Å². The van der Waals surface area contributed by atoms with Crippen LogP contribution in [-0.4, -0.2) is 19.2 Å². The van der Waals surface area contributed by atoms with Crippen LogP contribution in [-0.2, 0) is 5.54 Å². The molecule has 0 atom stereocenters. The molecule has 96 valence electrons. The summed E-state index contributed by atoms with van der Waals surface area (Å²) in [6.45, 7) is 5.68. The number of rotatable bonds is 3. The van der Waals surface area contributed by atoms with E-state index in [1.807, 2.05) is 26.0 Å². The van der Waals surface area contributed by atoms with Crippen molar-refractivity contribution in [2.75, 3.05) is 13.1 Å². The lowest BCUT2D eigenvalue weighted by atomic mass is 9.85. The van der Waals surface area contributed by atoms with Crippen molar-refractivity contribution in [2.24, 2.45) is 5.73 Å². The van der Waals surface area contributed by atoms with Crippen molar-refractivity contribution in [3.63, 3.8) is 0 Å². The van der Waals surface area contributed by atoms with Gasteiger partial charge in [0.15, 0.2) is 0 Å². The van der Waals surface area contributed by atoms with Crippen molar-refractivity contribution in [1.82, 2.24) is 5.32 Å². The summed E-state index contributed by atoms with van der Waals surface area (Å²) in [6.07, 6.45) is 0.176. The number of halogens is 2. The minimum absolute atomic E-state index is 0. The third kappa shape index (κ3) is 3.35. The van der Waals surface area contributed by atoms with Gasteiger partial charge < -0.3 is 15.8 Å². The first-order valence-corrected chi connectivity index (χ1v) is 6.26. The third-order valence-electron chi connectivity index (χ3n) is 2.70. The van der Waals surface area contributed by atoms with Gasteiger partial charge in [-0.25, -0.2) is 0 Å². The van der Waals surface area contributed by atoms with Crippen LogP contribution in [0.25, 0.3) is 0 Å². The predicted molar refractivity (Wildman–Crippen MR) is 75.9 cm³/mol. The Hall–Kier alpha value is -0.290. The van der Waals surface area contributed by atoms with Crippen LogP contribution in [0.15, 0.2) is 22.7 Å². The summed E-state index contributed by atoms with van der Waals surface area (Å²) in [6, 6.07) is 6.07. The van der Waals surface area contributed by atoms with Crippen LogP contribution in [0, 0.1) is 0 Å². The zero-order valence-corrected chi connectivity index (χ0v) is 12.4. The highest BCUT2D eigenvalue weighted by Crippen LogP contribution is 2.30. The Bertz CT molecular complexity index is 394. The molecular weight excluding hydrogens is 304 g/mol. The smallest absolute Gasteiger partial charge is 0.121 e. The van der Waals surface area contributed by atoms with Crippen LogP contribution in [0.2, 0.25) is 0 Å². The molecule has 1 aliphatic heterocycles. The molecule has 1 fully saturated rings. The fourth-order valence-corrected chi connectivity index (χ4v) is 2.26. The average Bonchev–Trinajstić information content (AvgIpc) is 2.12. The molecule has 0 radical (unpaired) electrons. The maximum Gasteiger partial charge on any atom is 0.121 e. The molecule has 1 heterocycles. The molecule has 0 amide bonds. The average molecular weight is 322 g/mol. The molecule has 0 spiro atoms. The number of hydrogen-bond donors (Lipinski definition) is 2. The molecule has 1 aromatic carbocycles. The molecule has 0 aliphatic carbocycles. The van der Waals surface area contributed by atoms with Crippen molar-refractivity contribution in [3.05, 3.63) is 28.2 Å². The summed E-state index contributed by atoms with van der Waals surface area (Å²) >= 11 is 3.49. The van der Waals surface area contributed by atoms with Gasteiger partial charge in [-0.3, -0.25) is 0 Å². The Kier molecular flexibility index (Phi) is 4.84. The second-order valence-corrected chi connectivity index (χ2v) is 5.52. The first-order chi connectivity index (χ1) is 7.49. The van der Waals surface area contributed by atoms with Gasteiger partial charge in [0.05, 0.1) is 11.6 Å². The lowest BCUT2D eigenvalue weighted by Gasteiger charge is -2.39. The van der Waals surface area contributed by atoms with E-state index in [-0.39, 0.29) is 24.0 Å². The zero-order valence-electron chi connectivity index (χ0n) is 10.00. The molecular formula is C12H18BrClN2O. The van der Waals surface area contributed by atoms with Crippen molar-refractivity contribution >= 4 is 28.3 Å². The summed E-state index contributed by atoms with van der Waals surface area (Å²) in [5.41, 5.74) is 7.14. The van der Waals surface area contributed by atoms with Gasteiger partial charge >= 0.3 is 0 Å². The van der Waals surface area contributed by atoms with E-state index in [9.17, 15) is 0 Å². The molecule has 5 heteroatoms. The third-order valence-corrected chi connectivity index (χ3v) is 3.16. The summed E-state index contributed by atoms with van der Waals surface area (Å²) in [5.74, 6) is 0.871. The first-order valence-electron chi connectivity index (χ1n) is 5.47. The minimum atomic E-state index is -0.237. The molecule has 0 bridgehead atoms. The number of benzene rings is 1. The van der Waals surface area contributed by atoms with E-state index >= 15 is 0 Å². The van der Waals surface area contributed by atoms with Crippen molar-refractivity contribution < 1.29 is 4.74 Å². The van der Waals surface area contributed by atoms with E-state index in [1.165, 1.54) is 0 Å². The number of nitrogens with two attached hydrogens (primary N) is 1. The Morgan fingerprint density at radius 3 is 2.47 bits per heavy atom. The molecule has 3 nitrogen and oxygen atoms in total. The van der Waals surface area contributed by atoms with Gasteiger partial charge in [0.25, 0.3) is 0 Å². The normalized spacial score (nSPS) is 17.2. The maximum absolute atomic E-state index is 6.25. The van der Waals surface area contributed by atoms with Gasteiger partial charge in [0, 0.05) is 17.6 Å². The Labute approximate surface area is 117 Å². The molecule has 1 aromatic rings. The zero-order chi connectivity index (χ0) is 11.8. The molecule has 1 aliphatic rings. The standard InChI is InChI=1S/C12H17BrN2O.ClH/c1-8(2)16-11-4-9(3-10(13)5-11)12(14)6-15-7-12;/h3-5,8,15H,6-7,14H2,1-2H3;1H. The number of nitrogens with one attached hydrogen (secondary N) is 1. The van der Waals surface area contributed by atoms with E-state index in [4.69, 9.17) is 10.5 Å². The molecule has 0 unspecified atom stereocenters. The summed E-state index contributed by atoms with van der Waals surface area (Å²) in [7, 11) is 0. The number of hydrogen-bond acceptors (Lipinski definition) is 3. The van der Waals surface area contributed by atoms with Crippen LogP contribution >= 0.6 is 28.3 Å². The summed E-state index contributed by atoms with van der Waals surface area (Å²) in [4.78, 5) is 0. The second kappa shape index (κ2) is 5.57. The molecule has 0 aromatic heterocycles. The highest BCUT2D eigenvalue weighted by atomic mass is 79.9. The molecule has 17 heavy (non-hydrogen) atoms. The monoisotopic (exact) mass is 320 g/mol. The van der Waals surface area contributed by atoms with Crippen LogP contribution < -0.4 is 15.8 Å². The number of ether oxygens (including phenoxy) is 1. The molecule has 3 N–H and O–H groups in total. The van der Waals surface area contributed by atoms with Crippen LogP contribution in [0.4, 0.5) is 0 Å². The summed E-state index contributed by atoms with van der Waals surface area (Å²) < 4.78 is 6.70. The Balaban J connectivity index is 0.00000144. The predicted octanol–water partition coefficient (Wildman–Crippen LogP) is 2.42.